The van der Waals surface area contributed by atoms with Crippen molar-refractivity contribution >= 4 is 11.4 Å². The summed E-state index contributed by atoms with van der Waals surface area (Å²) in [6.45, 7) is 2.71. The lowest BCUT2D eigenvalue weighted by Gasteiger charge is -2.23. The molecule has 2 rings (SSSR count). The zero-order valence-corrected chi connectivity index (χ0v) is 11.6. The van der Waals surface area contributed by atoms with Crippen LogP contribution in [0.4, 0.5) is 24.5 Å². The Bertz CT molecular complexity index is 534. The molecular weight excluding hydrogens is 287 g/mol. The van der Waals surface area contributed by atoms with Gasteiger partial charge in [0.25, 0.3) is 5.69 Å². The van der Waals surface area contributed by atoms with E-state index in [1.807, 2.05) is 7.05 Å². The van der Waals surface area contributed by atoms with E-state index >= 15 is 0 Å². The number of hydrogen-bond donors (Lipinski definition) is 0. The average molecular weight is 303 g/mol. The maximum atomic E-state index is 12.9. The Hall–Kier alpha value is -1.83. The summed E-state index contributed by atoms with van der Waals surface area (Å²) in [6.07, 6.45) is -3.79. The van der Waals surface area contributed by atoms with E-state index in [-0.39, 0.29) is 5.69 Å². The van der Waals surface area contributed by atoms with Gasteiger partial charge in [-0.15, -0.1) is 0 Å². The summed E-state index contributed by atoms with van der Waals surface area (Å²) in [6, 6.07) is 2.77. The van der Waals surface area contributed by atoms with E-state index in [0.29, 0.717) is 25.7 Å². The number of halogens is 3. The minimum atomic E-state index is -4.59. The number of benzene rings is 1. The number of nitrogens with zero attached hydrogens (tertiary/aromatic N) is 3. The van der Waals surface area contributed by atoms with Gasteiger partial charge in [0.15, 0.2) is 0 Å². The van der Waals surface area contributed by atoms with E-state index in [9.17, 15) is 23.3 Å². The Morgan fingerprint density at radius 2 is 1.86 bits per heavy atom. The number of hydrogen-bond acceptors (Lipinski definition) is 4. The number of likely N-dealkylation sites (N-methyl/N-ethyl adjacent to an activating group) is 1. The number of nitro benzene ring substituents is 1. The van der Waals surface area contributed by atoms with E-state index < -0.39 is 22.4 Å². The van der Waals surface area contributed by atoms with Gasteiger partial charge in [0.05, 0.1) is 10.5 Å². The monoisotopic (exact) mass is 303 g/mol. The van der Waals surface area contributed by atoms with Crippen LogP contribution in [-0.2, 0) is 6.18 Å². The molecule has 116 valence electrons. The number of alkyl halides is 3. The third-order valence-electron chi connectivity index (χ3n) is 3.53. The predicted molar refractivity (Wildman–Crippen MR) is 72.4 cm³/mol. The zero-order chi connectivity index (χ0) is 15.6. The van der Waals surface area contributed by atoms with E-state index in [0.717, 1.165) is 19.0 Å². The van der Waals surface area contributed by atoms with Crippen LogP contribution < -0.4 is 4.90 Å². The van der Waals surface area contributed by atoms with Gasteiger partial charge in [-0.05, 0) is 26.1 Å². The molecule has 0 unspecified atom stereocenters. The van der Waals surface area contributed by atoms with Crippen molar-refractivity contribution in [1.29, 1.82) is 0 Å². The van der Waals surface area contributed by atoms with Crippen molar-refractivity contribution in [3.63, 3.8) is 0 Å². The maximum absolute atomic E-state index is 12.9. The summed E-state index contributed by atoms with van der Waals surface area (Å²) in [5.74, 6) is 0. The molecule has 1 aliphatic rings. The first-order valence-electron chi connectivity index (χ1n) is 6.57. The highest BCUT2D eigenvalue weighted by Gasteiger charge is 2.33. The molecule has 0 saturated carbocycles. The van der Waals surface area contributed by atoms with Crippen molar-refractivity contribution in [1.82, 2.24) is 4.90 Å². The number of nitro groups is 1. The van der Waals surface area contributed by atoms with Crippen molar-refractivity contribution in [2.24, 2.45) is 0 Å². The van der Waals surface area contributed by atoms with Crippen LogP contribution in [0, 0.1) is 10.1 Å². The Morgan fingerprint density at radius 3 is 2.48 bits per heavy atom. The van der Waals surface area contributed by atoms with Gasteiger partial charge in [0.1, 0.15) is 0 Å². The maximum Gasteiger partial charge on any atom is 0.416 e. The van der Waals surface area contributed by atoms with Crippen LogP contribution in [0.3, 0.4) is 0 Å². The molecule has 1 aromatic carbocycles. The quantitative estimate of drug-likeness (QED) is 0.622. The topological polar surface area (TPSA) is 49.6 Å². The fraction of sp³-hybridized carbons (Fsp3) is 0.538. The summed E-state index contributed by atoms with van der Waals surface area (Å²) < 4.78 is 38.6. The lowest BCUT2D eigenvalue weighted by Crippen LogP contribution is -2.29. The van der Waals surface area contributed by atoms with Gasteiger partial charge >= 0.3 is 6.18 Å². The van der Waals surface area contributed by atoms with Crippen LogP contribution >= 0.6 is 0 Å². The van der Waals surface area contributed by atoms with Gasteiger partial charge in [-0.25, -0.2) is 0 Å². The standard InChI is InChI=1S/C13H16F3N3O2/c1-17-3-2-4-18(6-5-17)11-7-10(13(14,15)16)8-12(9-11)19(20)21/h7-9H,2-6H2,1H3. The minimum absolute atomic E-state index is 0.256. The second-order valence-corrected chi connectivity index (χ2v) is 5.14. The number of anilines is 1. The van der Waals surface area contributed by atoms with E-state index in [2.05, 4.69) is 4.90 Å². The molecule has 0 spiro atoms. The molecule has 1 aromatic rings. The molecule has 5 nitrogen and oxygen atoms in total. The molecule has 0 aliphatic carbocycles. The van der Waals surface area contributed by atoms with Gasteiger partial charge in [-0.2, -0.15) is 13.2 Å². The molecule has 1 fully saturated rings. The Kier molecular flexibility index (Phi) is 4.36. The Morgan fingerprint density at radius 1 is 1.14 bits per heavy atom. The van der Waals surface area contributed by atoms with E-state index in [4.69, 9.17) is 0 Å². The molecule has 1 saturated heterocycles. The lowest BCUT2D eigenvalue weighted by molar-refractivity contribution is -0.385. The van der Waals surface area contributed by atoms with Crippen molar-refractivity contribution in [2.75, 3.05) is 38.1 Å². The second-order valence-electron chi connectivity index (χ2n) is 5.14. The summed E-state index contributed by atoms with van der Waals surface area (Å²) in [7, 11) is 1.94. The van der Waals surface area contributed by atoms with Crippen LogP contribution in [0.1, 0.15) is 12.0 Å². The molecule has 0 bridgehead atoms. The Balaban J connectivity index is 2.37. The van der Waals surface area contributed by atoms with Crippen molar-refractivity contribution < 1.29 is 18.1 Å². The third kappa shape index (κ3) is 3.84. The molecule has 0 atom stereocenters. The highest BCUT2D eigenvalue weighted by Crippen LogP contribution is 2.35. The van der Waals surface area contributed by atoms with Gasteiger partial charge in [-0.1, -0.05) is 0 Å². The summed E-state index contributed by atoms with van der Waals surface area (Å²) in [4.78, 5) is 13.9. The molecule has 1 aliphatic heterocycles. The summed E-state index contributed by atoms with van der Waals surface area (Å²) in [5.41, 5.74) is -1.26. The minimum Gasteiger partial charge on any atom is -0.370 e. The van der Waals surface area contributed by atoms with Gasteiger partial charge < -0.3 is 9.80 Å². The van der Waals surface area contributed by atoms with Crippen molar-refractivity contribution in [2.45, 2.75) is 12.6 Å². The molecule has 0 radical (unpaired) electrons. The number of non-ortho nitro benzene ring substituents is 1. The first-order chi connectivity index (χ1) is 9.77. The molecule has 1 heterocycles. The van der Waals surface area contributed by atoms with E-state index in [1.54, 1.807) is 4.90 Å². The normalized spacial score (nSPS) is 17.6. The number of rotatable bonds is 2. The first kappa shape index (κ1) is 15.6. The van der Waals surface area contributed by atoms with Crippen LogP contribution in [0.5, 0.6) is 0 Å². The smallest absolute Gasteiger partial charge is 0.370 e. The highest BCUT2D eigenvalue weighted by molar-refractivity contribution is 5.56. The molecule has 21 heavy (non-hydrogen) atoms. The predicted octanol–water partition coefficient (Wildman–Crippen LogP) is 2.76. The summed E-state index contributed by atoms with van der Waals surface area (Å²) >= 11 is 0. The molecule has 0 amide bonds. The Labute approximate surface area is 120 Å². The molecule has 0 N–H and O–H groups in total. The second kappa shape index (κ2) is 5.88. The summed E-state index contributed by atoms with van der Waals surface area (Å²) in [5, 5.41) is 10.8. The van der Waals surface area contributed by atoms with Crippen molar-refractivity contribution in [3.8, 4) is 0 Å². The molecule has 8 heteroatoms. The van der Waals surface area contributed by atoms with Crippen LogP contribution in [0.2, 0.25) is 0 Å². The van der Waals surface area contributed by atoms with Gasteiger partial charge in [-0.3, -0.25) is 10.1 Å². The van der Waals surface area contributed by atoms with Crippen LogP contribution in [0.25, 0.3) is 0 Å². The highest BCUT2D eigenvalue weighted by atomic mass is 19.4. The van der Waals surface area contributed by atoms with Crippen LogP contribution in [0.15, 0.2) is 18.2 Å². The van der Waals surface area contributed by atoms with Crippen molar-refractivity contribution in [3.05, 3.63) is 33.9 Å². The largest absolute Gasteiger partial charge is 0.416 e. The lowest BCUT2D eigenvalue weighted by atomic mass is 10.1. The average Bonchev–Trinajstić information content (AvgIpc) is 2.62. The van der Waals surface area contributed by atoms with E-state index in [1.165, 1.54) is 6.07 Å². The zero-order valence-electron chi connectivity index (χ0n) is 11.6. The van der Waals surface area contributed by atoms with Gasteiger partial charge in [0, 0.05) is 37.5 Å². The molecular formula is C13H16F3N3O2. The van der Waals surface area contributed by atoms with Gasteiger partial charge in [0.2, 0.25) is 0 Å². The fourth-order valence-electron chi connectivity index (χ4n) is 2.35. The van der Waals surface area contributed by atoms with Crippen LogP contribution in [-0.4, -0.2) is 43.0 Å². The third-order valence-corrected chi connectivity index (χ3v) is 3.53. The molecule has 0 aromatic heterocycles. The fourth-order valence-corrected chi connectivity index (χ4v) is 2.35. The SMILES string of the molecule is CN1CCCN(c2cc([N+](=O)[O-])cc(C(F)(F)F)c2)CC1. The first-order valence-corrected chi connectivity index (χ1v) is 6.57.